The second-order valence-electron chi connectivity index (χ2n) is 14.2. The molecule has 4 aliphatic rings. The minimum Gasteiger partial charge on any atom is -0.487 e. The Morgan fingerprint density at radius 2 is 1.98 bits per heavy atom. The normalized spacial score (nSPS) is 29.1. The molecule has 1 fully saturated rings. The Morgan fingerprint density at radius 3 is 2.76 bits per heavy atom. The van der Waals surface area contributed by atoms with Crippen molar-refractivity contribution in [2.75, 3.05) is 45.3 Å². The molecule has 12 heteroatoms. The van der Waals surface area contributed by atoms with Crippen LogP contribution in [0.4, 0.5) is 5.69 Å². The summed E-state index contributed by atoms with van der Waals surface area (Å²) in [5.74, 6) is 0.811. The van der Waals surface area contributed by atoms with Gasteiger partial charge in [-0.3, -0.25) is 4.79 Å². The summed E-state index contributed by atoms with van der Waals surface area (Å²) in [6.07, 6.45) is 10.2. The van der Waals surface area contributed by atoms with Gasteiger partial charge in [0.2, 0.25) is 5.91 Å². The highest BCUT2D eigenvalue weighted by Crippen LogP contribution is 2.50. The largest absolute Gasteiger partial charge is 0.487 e. The lowest BCUT2D eigenvalue weighted by molar-refractivity contribution is -0.124. The van der Waals surface area contributed by atoms with Crippen molar-refractivity contribution in [3.63, 3.8) is 0 Å². The van der Waals surface area contributed by atoms with Crippen LogP contribution >= 0.6 is 11.6 Å². The number of aryl methyl sites for hydroxylation is 1. The van der Waals surface area contributed by atoms with E-state index in [1.807, 2.05) is 32.2 Å². The number of amidine groups is 1. The van der Waals surface area contributed by atoms with Crippen molar-refractivity contribution in [3.05, 3.63) is 64.7 Å². The molecule has 1 aliphatic carbocycles. The first kappa shape index (κ1) is 35.5. The Labute approximate surface area is 295 Å². The maximum absolute atomic E-state index is 13.7. The predicted molar refractivity (Wildman–Crippen MR) is 191 cm³/mol. The van der Waals surface area contributed by atoms with Gasteiger partial charge in [0.25, 0.3) is 10.0 Å². The predicted octanol–water partition coefficient (Wildman–Crippen LogP) is 6.18. The van der Waals surface area contributed by atoms with Gasteiger partial charge in [-0.2, -0.15) is 0 Å². The van der Waals surface area contributed by atoms with Gasteiger partial charge in [0.1, 0.15) is 18.2 Å². The lowest BCUT2D eigenvalue weighted by Crippen LogP contribution is -2.50. The van der Waals surface area contributed by atoms with Gasteiger partial charge in [-0.05, 0) is 97.9 Å². The van der Waals surface area contributed by atoms with Gasteiger partial charge in [0.05, 0.1) is 23.6 Å². The van der Waals surface area contributed by atoms with E-state index in [2.05, 4.69) is 31.8 Å². The fourth-order valence-electron chi connectivity index (χ4n) is 7.45. The lowest BCUT2D eigenvalue weighted by atomic mass is 9.63. The Morgan fingerprint density at radius 1 is 1.14 bits per heavy atom. The summed E-state index contributed by atoms with van der Waals surface area (Å²) in [5.41, 5.74) is 2.32. The summed E-state index contributed by atoms with van der Waals surface area (Å²) in [6.45, 7) is 6.80. The van der Waals surface area contributed by atoms with Crippen LogP contribution in [0.1, 0.15) is 63.5 Å². The number of hydrogen-bond acceptors (Lipinski definition) is 9. The van der Waals surface area contributed by atoms with E-state index in [0.29, 0.717) is 62.1 Å². The zero-order valence-corrected chi connectivity index (χ0v) is 30.6. The molecule has 266 valence electrons. The molecule has 3 heterocycles. The number of nitrogens with zero attached hydrogens (tertiary/aromatic N) is 3. The molecule has 1 spiro atoms. The number of hydrogen-bond donors (Lipinski definition) is 1. The Hall–Kier alpha value is -3.28. The molecule has 5 atom stereocenters. The number of amides is 1. The zero-order valence-electron chi connectivity index (χ0n) is 29.0. The molecule has 1 amide bonds. The molecule has 0 unspecified atom stereocenters. The van der Waals surface area contributed by atoms with Crippen LogP contribution in [0.3, 0.4) is 0 Å². The molecule has 0 radical (unpaired) electrons. The number of ether oxygens (including phenoxy) is 2. The highest BCUT2D eigenvalue weighted by atomic mass is 35.5. The van der Waals surface area contributed by atoms with Crippen molar-refractivity contribution < 1.29 is 27.5 Å². The van der Waals surface area contributed by atoms with Crippen LogP contribution in [0.5, 0.6) is 5.75 Å². The number of rotatable bonds is 3. The quantitative estimate of drug-likeness (QED) is 0.376. The number of anilines is 1. The number of likely N-dealkylation sites (N-methyl/N-ethyl adjacent to an activating group) is 1. The molecule has 6 rings (SSSR count). The van der Waals surface area contributed by atoms with E-state index < -0.39 is 27.4 Å². The topological polar surface area (TPSA) is 110 Å². The van der Waals surface area contributed by atoms with Crippen molar-refractivity contribution in [2.24, 2.45) is 28.8 Å². The number of benzene rings is 2. The monoisotopic (exact) mass is 712 g/mol. The van der Waals surface area contributed by atoms with Gasteiger partial charge in [-0.1, -0.05) is 42.7 Å². The van der Waals surface area contributed by atoms with E-state index in [1.54, 1.807) is 26.2 Å². The van der Waals surface area contributed by atoms with Crippen molar-refractivity contribution in [1.82, 2.24) is 9.62 Å². The van der Waals surface area contributed by atoms with Crippen molar-refractivity contribution in [3.8, 4) is 5.75 Å². The van der Waals surface area contributed by atoms with Crippen LogP contribution in [-0.2, 0) is 37.4 Å². The van der Waals surface area contributed by atoms with Crippen LogP contribution < -0.4 is 14.4 Å². The van der Waals surface area contributed by atoms with Crippen LogP contribution in [0.25, 0.3) is 0 Å². The van der Waals surface area contributed by atoms with Crippen molar-refractivity contribution >= 4 is 39.1 Å². The number of methoxy groups -OCH3 is 1. The third-order valence-corrected chi connectivity index (χ3v) is 12.6. The number of nitrogens with one attached hydrogen (secondary N) is 1. The Bertz CT molecular complexity index is 1700. The Kier molecular flexibility index (Phi) is 10.8. The van der Waals surface area contributed by atoms with Gasteiger partial charge in [0.15, 0.2) is 5.60 Å². The highest BCUT2D eigenvalue weighted by Gasteiger charge is 2.52. The second-order valence-corrected chi connectivity index (χ2v) is 16.3. The molecule has 1 saturated carbocycles. The number of oxime groups is 1. The van der Waals surface area contributed by atoms with Crippen LogP contribution in [0.15, 0.2) is 58.6 Å². The Balaban J connectivity index is 1.38. The van der Waals surface area contributed by atoms with E-state index in [1.165, 1.54) is 6.07 Å². The summed E-state index contributed by atoms with van der Waals surface area (Å²) in [5, 5.41) is 5.31. The smallest absolute Gasteiger partial charge is 0.264 e. The molecule has 2 aromatic rings. The van der Waals surface area contributed by atoms with Crippen LogP contribution in [-0.4, -0.2) is 71.1 Å². The highest BCUT2D eigenvalue weighted by molar-refractivity contribution is 7.90. The van der Waals surface area contributed by atoms with E-state index >= 15 is 0 Å². The minimum absolute atomic E-state index is 0.0417. The van der Waals surface area contributed by atoms with E-state index in [9.17, 15) is 13.2 Å². The molecular formula is C37H49ClN4O6S. The lowest BCUT2D eigenvalue weighted by Gasteiger charge is -2.47. The first-order chi connectivity index (χ1) is 23.5. The van der Waals surface area contributed by atoms with Crippen LogP contribution in [0, 0.1) is 23.7 Å². The van der Waals surface area contributed by atoms with Gasteiger partial charge in [-0.15, -0.1) is 0 Å². The molecule has 3 aliphatic heterocycles. The third kappa shape index (κ3) is 7.73. The molecule has 2 aromatic carbocycles. The fourth-order valence-corrected chi connectivity index (χ4v) is 8.73. The van der Waals surface area contributed by atoms with Crippen LogP contribution in [0.2, 0.25) is 5.02 Å². The molecule has 2 bridgehead atoms. The number of sulfonamides is 1. The summed E-state index contributed by atoms with van der Waals surface area (Å²) >= 11 is 6.37. The van der Waals surface area contributed by atoms with Gasteiger partial charge < -0.3 is 24.1 Å². The van der Waals surface area contributed by atoms with Gasteiger partial charge >= 0.3 is 0 Å². The minimum atomic E-state index is -4.13. The van der Waals surface area contributed by atoms with Crippen molar-refractivity contribution in [2.45, 2.75) is 75.9 Å². The molecular weight excluding hydrogens is 664 g/mol. The third-order valence-electron chi connectivity index (χ3n) is 11.0. The molecule has 49 heavy (non-hydrogen) atoms. The summed E-state index contributed by atoms with van der Waals surface area (Å²) in [6, 6.07) is 10.8. The summed E-state index contributed by atoms with van der Waals surface area (Å²) in [4.78, 5) is 24.2. The zero-order chi connectivity index (χ0) is 34.8. The number of fused-ring (bicyclic) bond motifs is 4. The first-order valence-corrected chi connectivity index (χ1v) is 19.3. The van der Waals surface area contributed by atoms with Crippen molar-refractivity contribution in [1.29, 1.82) is 0 Å². The molecule has 10 nitrogen and oxygen atoms in total. The van der Waals surface area contributed by atoms with E-state index in [-0.39, 0.29) is 22.6 Å². The molecule has 0 aromatic heterocycles. The fraction of sp³-hybridized carbons (Fsp3) is 0.568. The number of halogens is 1. The average molecular weight is 713 g/mol. The SMILES string of the molecule is COCCN(C)C1=NO[C@]2(/C=C/C[C@H](C)[C@@H](C)C(=O)NS(=O)(=O)c3ccc4c(c3)N(CCCCc3cc(Cl)ccc3CO4)C[C@@H]3CC[C@H]32)C1. The van der Waals surface area contributed by atoms with Gasteiger partial charge in [-0.25, -0.2) is 13.1 Å². The summed E-state index contributed by atoms with van der Waals surface area (Å²) in [7, 11) is -0.415. The summed E-state index contributed by atoms with van der Waals surface area (Å²) < 4.78 is 41.5. The molecule has 1 N–H and O–H groups in total. The average Bonchev–Trinajstić information content (AvgIpc) is 3.47. The number of carbonyl (C=O) groups excluding carboxylic acids is 1. The number of allylic oxidation sites excluding steroid dienone is 1. The first-order valence-electron chi connectivity index (χ1n) is 17.5. The maximum Gasteiger partial charge on any atom is 0.264 e. The second kappa shape index (κ2) is 14.9. The van der Waals surface area contributed by atoms with Gasteiger partial charge in [0, 0.05) is 50.7 Å². The van der Waals surface area contributed by atoms with E-state index in [0.717, 1.165) is 49.1 Å². The number of carbonyl (C=O) groups is 1. The molecule has 0 saturated heterocycles. The standard InChI is InChI=1S/C37H49ClN4O6S/c1-25-8-7-16-37(22-35(39-48-37)41(3)18-19-46-4)32-14-11-28(32)23-42-17-6-5-9-27-20-30(38)12-10-29(27)24-47-34-15-13-31(21-33(34)42)49(44,45)40-36(43)26(25)2/h7,10,12-13,15-16,20-21,25-26,28,32H,5-6,8-9,11,14,17-19,22-24H2,1-4H3,(H,40,43)/b16-7+/t25-,26+,28-,32+,37+/m0/s1. The maximum atomic E-state index is 13.7. The van der Waals surface area contributed by atoms with E-state index in [4.69, 9.17) is 25.9 Å².